The zero-order valence-corrected chi connectivity index (χ0v) is 11.5. The molecule has 20 heavy (non-hydrogen) atoms. The van der Waals surface area contributed by atoms with Gasteiger partial charge in [-0.2, -0.15) is 0 Å². The summed E-state index contributed by atoms with van der Waals surface area (Å²) in [7, 11) is 0. The first-order valence-electron chi connectivity index (χ1n) is 5.42. The average molecular weight is 329 g/mol. The number of aromatic nitrogens is 1. The van der Waals surface area contributed by atoms with E-state index in [-0.39, 0.29) is 17.1 Å². The largest absolute Gasteiger partial charge is 1.00 e. The van der Waals surface area contributed by atoms with E-state index in [2.05, 4.69) is 22.6 Å². The Morgan fingerprint density at radius 2 is 1.95 bits per heavy atom. The molecular formula is C14H12CuF3N2. The van der Waals surface area contributed by atoms with E-state index >= 15 is 0 Å². The third kappa shape index (κ3) is 5.15. The molecule has 110 valence electrons. The number of rotatable bonds is 1. The Kier molecular flexibility index (Phi) is 8.52. The van der Waals surface area contributed by atoms with E-state index < -0.39 is 6.68 Å². The van der Waals surface area contributed by atoms with Crippen molar-refractivity contribution in [2.24, 2.45) is 4.99 Å². The van der Waals surface area contributed by atoms with E-state index in [1.807, 2.05) is 31.2 Å². The third-order valence-electron chi connectivity index (χ3n) is 2.31. The molecule has 2 nitrogen and oxygen atoms in total. The predicted octanol–water partition coefficient (Wildman–Crippen LogP) is 4.33. The van der Waals surface area contributed by atoms with Gasteiger partial charge in [0.25, 0.3) is 0 Å². The number of pyridine rings is 1. The van der Waals surface area contributed by atoms with Gasteiger partial charge in [0.05, 0.1) is 11.4 Å². The molecule has 0 spiro atoms. The second-order valence-corrected chi connectivity index (χ2v) is 3.39. The number of fused-ring (bicyclic) bond motifs is 1. The van der Waals surface area contributed by atoms with Crippen molar-refractivity contribution in [3.05, 3.63) is 66.8 Å². The van der Waals surface area contributed by atoms with Crippen molar-refractivity contribution in [3.8, 4) is 0 Å². The van der Waals surface area contributed by atoms with E-state index in [0.717, 1.165) is 22.5 Å². The Labute approximate surface area is 126 Å². The smallest absolute Gasteiger partial charge is 0.385 e. The van der Waals surface area contributed by atoms with Crippen LogP contribution in [0.4, 0.5) is 13.2 Å². The number of nitrogens with zero attached hydrogens (tertiary/aromatic N) is 2. The van der Waals surface area contributed by atoms with Crippen molar-refractivity contribution in [3.63, 3.8) is 0 Å². The van der Waals surface area contributed by atoms with E-state index in [1.54, 1.807) is 12.4 Å². The molecule has 0 atom stereocenters. The summed E-state index contributed by atoms with van der Waals surface area (Å²) in [6.45, 7) is 2.54. The summed E-state index contributed by atoms with van der Waals surface area (Å²) in [4.78, 5) is 8.62. The number of aliphatic imine (C=N–C) groups is 1. The minimum absolute atomic E-state index is 0. The number of hydrogen-bond donors (Lipinski definition) is 0. The second kappa shape index (κ2) is 9.28. The Bertz CT molecular complexity index is 534. The van der Waals surface area contributed by atoms with Crippen LogP contribution in [0.1, 0.15) is 18.2 Å². The second-order valence-electron chi connectivity index (χ2n) is 3.39. The maximum absolute atomic E-state index is 9.58. The van der Waals surface area contributed by atoms with Crippen LogP contribution < -0.4 is 0 Å². The predicted molar refractivity (Wildman–Crippen MR) is 70.3 cm³/mol. The molecule has 0 saturated carbocycles. The van der Waals surface area contributed by atoms with Gasteiger partial charge in [-0.3, -0.25) is 9.98 Å². The summed E-state index contributed by atoms with van der Waals surface area (Å²) in [6.07, 6.45) is 9.46. The summed E-state index contributed by atoms with van der Waals surface area (Å²) >= 11 is 0. The van der Waals surface area contributed by atoms with Crippen LogP contribution in [0.3, 0.4) is 0 Å². The SMILES string of the molecule is C=CN=C1/C(=C\C)C=Cc2cccnc21.F[C-](F)F.[Cu+]. The third-order valence-corrected chi connectivity index (χ3v) is 2.31. The maximum Gasteiger partial charge on any atom is 1.00 e. The molecule has 0 aromatic carbocycles. The molecule has 2 rings (SSSR count). The summed E-state index contributed by atoms with van der Waals surface area (Å²) < 4.78 is 28.8. The molecule has 6 heteroatoms. The van der Waals surface area contributed by atoms with E-state index in [9.17, 15) is 13.2 Å². The fraction of sp³-hybridized carbons (Fsp3) is 0.0714. The van der Waals surface area contributed by atoms with Gasteiger partial charge in [-0.05, 0) is 18.6 Å². The van der Waals surface area contributed by atoms with Gasteiger partial charge >= 0.3 is 17.1 Å². The van der Waals surface area contributed by atoms with E-state index in [1.165, 1.54) is 0 Å². The van der Waals surface area contributed by atoms with Crippen LogP contribution in [-0.2, 0) is 17.1 Å². The van der Waals surface area contributed by atoms with Gasteiger partial charge in [-0.25, -0.2) is 0 Å². The topological polar surface area (TPSA) is 25.2 Å². The number of halogens is 3. The van der Waals surface area contributed by atoms with Crippen LogP contribution in [0.15, 0.2) is 53.8 Å². The molecular weight excluding hydrogens is 317 g/mol. The number of allylic oxidation sites excluding steroid dienone is 3. The minimum Gasteiger partial charge on any atom is -0.385 e. The Balaban J connectivity index is 0.000000644. The average Bonchev–Trinajstić information content (AvgIpc) is 2.39. The molecule has 0 fully saturated rings. The van der Waals surface area contributed by atoms with Crippen molar-refractivity contribution < 1.29 is 30.2 Å². The quantitative estimate of drug-likeness (QED) is 0.556. The van der Waals surface area contributed by atoms with Gasteiger partial charge in [-0.1, -0.05) is 30.9 Å². The normalized spacial score (nSPS) is 16.2. The summed E-state index contributed by atoms with van der Waals surface area (Å²) in [5, 5.41) is 0. The van der Waals surface area contributed by atoms with Gasteiger partial charge in [-0.15, -0.1) is 0 Å². The zero-order chi connectivity index (χ0) is 14.3. The molecule has 1 aromatic heterocycles. The fourth-order valence-electron chi connectivity index (χ4n) is 1.61. The monoisotopic (exact) mass is 328 g/mol. The molecule has 0 unspecified atom stereocenters. The maximum atomic E-state index is 9.58. The van der Waals surface area contributed by atoms with Crippen LogP contribution in [0.2, 0.25) is 0 Å². The van der Waals surface area contributed by atoms with E-state index in [4.69, 9.17) is 0 Å². The standard InChI is InChI=1S/C13H12N2.CF3.Cu/c1-3-10-7-8-11-6-5-9-15-13(11)12(10)14-4-2;2-1(3)4;/h3-9H,2H2,1H3;;/q;-1;+1/b10-3-,14-12?;;. The fourth-order valence-corrected chi connectivity index (χ4v) is 1.61. The summed E-state index contributed by atoms with van der Waals surface area (Å²) in [5.74, 6) is 0. The van der Waals surface area contributed by atoms with E-state index in [0.29, 0.717) is 0 Å². The molecule has 0 aliphatic heterocycles. The molecule has 0 radical (unpaired) electrons. The molecule has 1 aliphatic rings. The minimum atomic E-state index is -3.08. The first kappa shape index (κ1) is 18.3. The van der Waals surface area contributed by atoms with Crippen molar-refractivity contribution >= 4 is 11.8 Å². The first-order chi connectivity index (χ1) is 9.10. The zero-order valence-electron chi connectivity index (χ0n) is 10.6. The van der Waals surface area contributed by atoms with Crippen molar-refractivity contribution in [2.75, 3.05) is 0 Å². The van der Waals surface area contributed by atoms with Gasteiger partial charge in [0.1, 0.15) is 0 Å². The van der Waals surface area contributed by atoms with Gasteiger partial charge in [0.15, 0.2) is 6.68 Å². The molecule has 1 heterocycles. The summed E-state index contributed by atoms with van der Waals surface area (Å²) in [5.41, 5.74) is 4.00. The number of hydrogen-bond acceptors (Lipinski definition) is 2. The van der Waals surface area contributed by atoms with Gasteiger partial charge in [0, 0.05) is 18.0 Å². The molecule has 0 saturated heterocycles. The molecule has 0 bridgehead atoms. The van der Waals surface area contributed by atoms with Gasteiger partial charge in [0.2, 0.25) is 0 Å². The van der Waals surface area contributed by atoms with Crippen molar-refractivity contribution in [2.45, 2.75) is 6.92 Å². The molecule has 1 aliphatic carbocycles. The molecule has 0 amide bonds. The van der Waals surface area contributed by atoms with Crippen molar-refractivity contribution in [1.82, 2.24) is 4.98 Å². The molecule has 1 aromatic rings. The Hall–Kier alpha value is -1.65. The van der Waals surface area contributed by atoms with Crippen LogP contribution in [-0.4, -0.2) is 10.7 Å². The molecule has 0 N–H and O–H groups in total. The summed E-state index contributed by atoms with van der Waals surface area (Å²) in [6, 6.07) is 3.96. The Morgan fingerprint density at radius 1 is 1.30 bits per heavy atom. The Morgan fingerprint density at radius 3 is 2.50 bits per heavy atom. The van der Waals surface area contributed by atoms with Crippen molar-refractivity contribution in [1.29, 1.82) is 0 Å². The van der Waals surface area contributed by atoms with Crippen LogP contribution in [0.25, 0.3) is 6.08 Å². The van der Waals surface area contributed by atoms with Crippen LogP contribution in [0, 0.1) is 6.68 Å². The van der Waals surface area contributed by atoms with Crippen LogP contribution in [0.5, 0.6) is 0 Å². The van der Waals surface area contributed by atoms with Crippen LogP contribution >= 0.6 is 0 Å². The first-order valence-corrected chi connectivity index (χ1v) is 5.42. The van der Waals surface area contributed by atoms with Gasteiger partial charge < -0.3 is 13.2 Å².